The summed E-state index contributed by atoms with van der Waals surface area (Å²) in [5, 5.41) is 11.8. The average molecular weight is 164 g/mol. The molecule has 0 aromatic heterocycles. The highest BCUT2D eigenvalue weighted by Crippen LogP contribution is 1.97. The predicted molar refractivity (Wildman–Crippen MR) is 50.3 cm³/mol. The maximum absolute atomic E-state index is 8.52. The first-order valence-corrected chi connectivity index (χ1v) is 4.31. The van der Waals surface area contributed by atoms with Crippen LogP contribution < -0.4 is 5.32 Å². The Morgan fingerprint density at radius 1 is 1.58 bits per heavy atom. The Labute approximate surface area is 75.0 Å². The second-order valence-electron chi connectivity index (χ2n) is 2.95. The summed E-state index contributed by atoms with van der Waals surface area (Å²) in [6, 6.07) is 2.54. The van der Waals surface area contributed by atoms with Gasteiger partial charge in [0.05, 0.1) is 12.0 Å². The van der Waals surface area contributed by atoms with Crippen molar-refractivity contribution < 1.29 is 0 Å². The Morgan fingerprint density at radius 3 is 2.67 bits per heavy atom. The van der Waals surface area contributed by atoms with Gasteiger partial charge in [-0.25, -0.2) is 0 Å². The van der Waals surface area contributed by atoms with Gasteiger partial charge in [-0.1, -0.05) is 6.92 Å². The summed E-state index contributed by atoms with van der Waals surface area (Å²) < 4.78 is 0. The maximum Gasteiger partial charge on any atom is 0.0666 e. The summed E-state index contributed by atoms with van der Waals surface area (Å²) in [5.74, 6) is 2.68. The van der Waals surface area contributed by atoms with Crippen molar-refractivity contribution in [2.75, 3.05) is 6.54 Å². The number of rotatable bonds is 5. The van der Waals surface area contributed by atoms with Crippen molar-refractivity contribution in [1.82, 2.24) is 5.32 Å². The molecular formula is C10H16N2. The number of hydrogen-bond donors (Lipinski definition) is 1. The Hall–Kier alpha value is -0.990. The van der Waals surface area contributed by atoms with Crippen LogP contribution >= 0.6 is 0 Å². The van der Waals surface area contributed by atoms with Crippen molar-refractivity contribution in [3.05, 3.63) is 0 Å². The normalized spacial score (nSPS) is 14.3. The van der Waals surface area contributed by atoms with Crippen LogP contribution in [-0.2, 0) is 0 Å². The van der Waals surface area contributed by atoms with E-state index in [-0.39, 0.29) is 5.92 Å². The van der Waals surface area contributed by atoms with Gasteiger partial charge in [-0.05, 0) is 13.3 Å². The van der Waals surface area contributed by atoms with Crippen LogP contribution in [-0.4, -0.2) is 12.6 Å². The minimum Gasteiger partial charge on any atom is -0.312 e. The SMILES string of the molecule is C#CCC(CC)NCC(C)C#N. The topological polar surface area (TPSA) is 35.8 Å². The molecule has 0 aliphatic rings. The zero-order valence-corrected chi connectivity index (χ0v) is 7.80. The molecule has 0 saturated heterocycles. The van der Waals surface area contributed by atoms with Crippen LogP contribution in [0.4, 0.5) is 0 Å². The highest BCUT2D eigenvalue weighted by atomic mass is 14.9. The smallest absolute Gasteiger partial charge is 0.0666 e. The monoisotopic (exact) mass is 164 g/mol. The molecule has 0 radical (unpaired) electrons. The minimum atomic E-state index is 0.0665. The third kappa shape index (κ3) is 4.77. The van der Waals surface area contributed by atoms with E-state index in [0.717, 1.165) is 19.4 Å². The minimum absolute atomic E-state index is 0.0665. The van der Waals surface area contributed by atoms with E-state index in [9.17, 15) is 0 Å². The second kappa shape index (κ2) is 6.70. The van der Waals surface area contributed by atoms with Crippen molar-refractivity contribution in [3.8, 4) is 18.4 Å². The summed E-state index contributed by atoms with van der Waals surface area (Å²) in [6.45, 7) is 4.72. The van der Waals surface area contributed by atoms with Crippen LogP contribution in [0.5, 0.6) is 0 Å². The van der Waals surface area contributed by atoms with Crippen LogP contribution in [0.2, 0.25) is 0 Å². The molecule has 12 heavy (non-hydrogen) atoms. The number of nitriles is 1. The summed E-state index contributed by atoms with van der Waals surface area (Å²) in [7, 11) is 0. The Balaban J connectivity index is 3.60. The van der Waals surface area contributed by atoms with Crippen molar-refractivity contribution in [3.63, 3.8) is 0 Å². The fraction of sp³-hybridized carbons (Fsp3) is 0.700. The second-order valence-corrected chi connectivity index (χ2v) is 2.95. The molecule has 0 bridgehead atoms. The van der Waals surface area contributed by atoms with Crippen molar-refractivity contribution >= 4 is 0 Å². The molecule has 2 atom stereocenters. The molecule has 0 aliphatic heterocycles. The molecule has 0 fully saturated rings. The Morgan fingerprint density at radius 2 is 2.25 bits per heavy atom. The van der Waals surface area contributed by atoms with E-state index in [4.69, 9.17) is 11.7 Å². The molecule has 66 valence electrons. The lowest BCUT2D eigenvalue weighted by Gasteiger charge is -2.14. The first-order valence-electron chi connectivity index (χ1n) is 4.31. The Kier molecular flexibility index (Phi) is 6.15. The zero-order chi connectivity index (χ0) is 9.40. The van der Waals surface area contributed by atoms with E-state index in [2.05, 4.69) is 24.2 Å². The average Bonchev–Trinajstić information content (AvgIpc) is 2.11. The fourth-order valence-electron chi connectivity index (χ4n) is 0.892. The molecule has 2 nitrogen and oxygen atoms in total. The zero-order valence-electron chi connectivity index (χ0n) is 7.80. The van der Waals surface area contributed by atoms with Gasteiger partial charge in [-0.15, -0.1) is 12.3 Å². The Bertz CT molecular complexity index is 185. The molecule has 0 aromatic rings. The van der Waals surface area contributed by atoms with Gasteiger partial charge in [-0.2, -0.15) is 5.26 Å². The molecular weight excluding hydrogens is 148 g/mol. The van der Waals surface area contributed by atoms with Gasteiger partial charge in [0.25, 0.3) is 0 Å². The predicted octanol–water partition coefficient (Wildman–Crippen LogP) is 1.54. The van der Waals surface area contributed by atoms with E-state index < -0.39 is 0 Å². The number of terminal acetylenes is 1. The molecule has 0 spiro atoms. The van der Waals surface area contributed by atoms with Crippen LogP contribution in [0.1, 0.15) is 26.7 Å². The summed E-state index contributed by atoms with van der Waals surface area (Å²) >= 11 is 0. The largest absolute Gasteiger partial charge is 0.312 e. The van der Waals surface area contributed by atoms with Gasteiger partial charge in [0.15, 0.2) is 0 Å². The molecule has 2 unspecified atom stereocenters. The van der Waals surface area contributed by atoms with Crippen molar-refractivity contribution in [2.24, 2.45) is 5.92 Å². The van der Waals surface area contributed by atoms with E-state index in [0.29, 0.717) is 6.04 Å². The third-order valence-electron chi connectivity index (χ3n) is 1.79. The van der Waals surface area contributed by atoms with Gasteiger partial charge < -0.3 is 5.32 Å². The number of hydrogen-bond acceptors (Lipinski definition) is 2. The number of nitrogens with zero attached hydrogens (tertiary/aromatic N) is 1. The quantitative estimate of drug-likeness (QED) is 0.626. The highest BCUT2D eigenvalue weighted by molar-refractivity contribution is 4.90. The molecule has 2 heteroatoms. The van der Waals surface area contributed by atoms with E-state index in [1.807, 2.05) is 6.92 Å². The molecule has 0 saturated carbocycles. The molecule has 0 rings (SSSR count). The van der Waals surface area contributed by atoms with Gasteiger partial charge in [-0.3, -0.25) is 0 Å². The van der Waals surface area contributed by atoms with Gasteiger partial charge in [0.1, 0.15) is 0 Å². The summed E-state index contributed by atoms with van der Waals surface area (Å²) in [4.78, 5) is 0. The van der Waals surface area contributed by atoms with E-state index in [1.165, 1.54) is 0 Å². The molecule has 0 aromatic carbocycles. The van der Waals surface area contributed by atoms with E-state index >= 15 is 0 Å². The molecule has 0 heterocycles. The van der Waals surface area contributed by atoms with Crippen LogP contribution in [0, 0.1) is 29.6 Å². The third-order valence-corrected chi connectivity index (χ3v) is 1.79. The van der Waals surface area contributed by atoms with Crippen molar-refractivity contribution in [1.29, 1.82) is 5.26 Å². The van der Waals surface area contributed by atoms with Crippen LogP contribution in [0.25, 0.3) is 0 Å². The maximum atomic E-state index is 8.52. The number of nitrogens with one attached hydrogen (secondary N) is 1. The summed E-state index contributed by atoms with van der Waals surface area (Å²) in [6.07, 6.45) is 6.95. The standard InChI is InChI=1S/C10H16N2/c1-4-6-10(5-2)12-8-9(3)7-11/h1,9-10,12H,5-6,8H2,2-3H3. The first kappa shape index (κ1) is 11.0. The molecule has 1 N–H and O–H groups in total. The van der Waals surface area contributed by atoms with Crippen molar-refractivity contribution in [2.45, 2.75) is 32.7 Å². The highest BCUT2D eigenvalue weighted by Gasteiger charge is 2.05. The van der Waals surface area contributed by atoms with Gasteiger partial charge in [0, 0.05) is 19.0 Å². The first-order chi connectivity index (χ1) is 5.74. The van der Waals surface area contributed by atoms with Crippen LogP contribution in [0.3, 0.4) is 0 Å². The van der Waals surface area contributed by atoms with Gasteiger partial charge >= 0.3 is 0 Å². The lowest BCUT2D eigenvalue weighted by atomic mass is 10.1. The molecule has 0 amide bonds. The fourth-order valence-corrected chi connectivity index (χ4v) is 0.892. The lowest BCUT2D eigenvalue weighted by Crippen LogP contribution is -2.31. The molecule has 0 aliphatic carbocycles. The lowest BCUT2D eigenvalue weighted by molar-refractivity contribution is 0.479. The van der Waals surface area contributed by atoms with E-state index in [1.54, 1.807) is 0 Å². The van der Waals surface area contributed by atoms with Gasteiger partial charge in [0.2, 0.25) is 0 Å². The summed E-state index contributed by atoms with van der Waals surface area (Å²) in [5.41, 5.74) is 0. The van der Waals surface area contributed by atoms with Crippen LogP contribution in [0.15, 0.2) is 0 Å².